The Balaban J connectivity index is 2.07. The third kappa shape index (κ3) is 4.05. The largest absolute Gasteiger partial charge is 0.338 e. The quantitative estimate of drug-likeness (QED) is 0.852. The maximum atomic E-state index is 12.7. The Morgan fingerprint density at radius 2 is 2.10 bits per heavy atom. The Labute approximate surface area is 127 Å². The standard InChI is InChI=1S/C17H23N3O/c1-14-13-19(2)9-6-10-20(14)17(21)16(12-18)11-15-7-4-3-5-8-15/h3-5,7-8,14,16H,6,9-11,13H2,1-2H3. The van der Waals surface area contributed by atoms with E-state index in [9.17, 15) is 10.1 Å². The van der Waals surface area contributed by atoms with Crippen molar-refractivity contribution in [1.29, 1.82) is 5.26 Å². The minimum atomic E-state index is -0.585. The molecule has 1 saturated heterocycles. The number of amides is 1. The summed E-state index contributed by atoms with van der Waals surface area (Å²) in [7, 11) is 2.08. The molecule has 2 unspecified atom stereocenters. The van der Waals surface area contributed by atoms with Crippen LogP contribution in [-0.4, -0.2) is 48.4 Å². The van der Waals surface area contributed by atoms with Crippen LogP contribution in [0.2, 0.25) is 0 Å². The van der Waals surface area contributed by atoms with Gasteiger partial charge < -0.3 is 9.80 Å². The van der Waals surface area contributed by atoms with Crippen molar-refractivity contribution in [2.24, 2.45) is 5.92 Å². The molecule has 0 spiro atoms. The van der Waals surface area contributed by atoms with Crippen LogP contribution < -0.4 is 0 Å². The lowest BCUT2D eigenvalue weighted by molar-refractivity contribution is -0.135. The summed E-state index contributed by atoms with van der Waals surface area (Å²) < 4.78 is 0. The van der Waals surface area contributed by atoms with E-state index >= 15 is 0 Å². The van der Waals surface area contributed by atoms with Gasteiger partial charge in [-0.25, -0.2) is 0 Å². The van der Waals surface area contributed by atoms with Crippen LogP contribution in [0.4, 0.5) is 0 Å². The van der Waals surface area contributed by atoms with E-state index in [0.29, 0.717) is 6.42 Å². The Hall–Kier alpha value is -1.86. The van der Waals surface area contributed by atoms with Gasteiger partial charge in [-0.3, -0.25) is 4.79 Å². The van der Waals surface area contributed by atoms with E-state index < -0.39 is 5.92 Å². The van der Waals surface area contributed by atoms with Crippen molar-refractivity contribution in [3.05, 3.63) is 35.9 Å². The Kier molecular flexibility index (Phi) is 5.35. The Morgan fingerprint density at radius 3 is 2.76 bits per heavy atom. The van der Waals surface area contributed by atoms with E-state index in [1.165, 1.54) is 0 Å². The van der Waals surface area contributed by atoms with Crippen molar-refractivity contribution in [2.45, 2.75) is 25.8 Å². The molecule has 4 heteroatoms. The van der Waals surface area contributed by atoms with Crippen LogP contribution in [0.5, 0.6) is 0 Å². The molecular weight excluding hydrogens is 262 g/mol. The second-order valence-corrected chi connectivity index (χ2v) is 5.87. The van der Waals surface area contributed by atoms with Crippen molar-refractivity contribution in [3.8, 4) is 6.07 Å². The predicted molar refractivity (Wildman–Crippen MR) is 82.5 cm³/mol. The number of likely N-dealkylation sites (N-methyl/N-ethyl adjacent to an activating group) is 1. The third-order valence-corrected chi connectivity index (χ3v) is 4.07. The SMILES string of the molecule is CC1CN(C)CCCN1C(=O)C(C#N)Cc1ccccc1. The van der Waals surface area contributed by atoms with Crippen LogP contribution in [0.3, 0.4) is 0 Å². The molecule has 2 atom stereocenters. The number of nitriles is 1. The van der Waals surface area contributed by atoms with Gasteiger partial charge in [-0.2, -0.15) is 5.26 Å². The summed E-state index contributed by atoms with van der Waals surface area (Å²) in [4.78, 5) is 16.8. The molecule has 1 aromatic carbocycles. The number of hydrogen-bond donors (Lipinski definition) is 0. The monoisotopic (exact) mass is 285 g/mol. The minimum absolute atomic E-state index is 0.0239. The second kappa shape index (κ2) is 7.24. The summed E-state index contributed by atoms with van der Waals surface area (Å²) in [5.74, 6) is -0.609. The molecule has 0 radical (unpaired) electrons. The van der Waals surface area contributed by atoms with Crippen LogP contribution in [0.25, 0.3) is 0 Å². The van der Waals surface area contributed by atoms with Crippen molar-refractivity contribution in [2.75, 3.05) is 26.7 Å². The van der Waals surface area contributed by atoms with E-state index in [0.717, 1.165) is 31.6 Å². The number of rotatable bonds is 3. The van der Waals surface area contributed by atoms with Crippen molar-refractivity contribution >= 4 is 5.91 Å². The molecule has 0 N–H and O–H groups in total. The summed E-state index contributed by atoms with van der Waals surface area (Å²) in [6.07, 6.45) is 1.46. The average Bonchev–Trinajstić information content (AvgIpc) is 2.65. The zero-order valence-corrected chi connectivity index (χ0v) is 12.8. The fourth-order valence-electron chi connectivity index (χ4n) is 2.94. The molecule has 4 nitrogen and oxygen atoms in total. The number of hydrogen-bond acceptors (Lipinski definition) is 3. The molecule has 2 rings (SSSR count). The summed E-state index contributed by atoms with van der Waals surface area (Å²) in [5.41, 5.74) is 1.04. The first-order valence-electron chi connectivity index (χ1n) is 7.54. The molecule has 112 valence electrons. The first kappa shape index (κ1) is 15.5. The molecule has 0 aliphatic carbocycles. The van der Waals surface area contributed by atoms with E-state index in [-0.39, 0.29) is 11.9 Å². The van der Waals surface area contributed by atoms with Gasteiger partial charge in [0.2, 0.25) is 5.91 Å². The maximum Gasteiger partial charge on any atom is 0.240 e. The Morgan fingerprint density at radius 1 is 1.38 bits per heavy atom. The lowest BCUT2D eigenvalue weighted by Crippen LogP contribution is -2.45. The van der Waals surface area contributed by atoms with Gasteiger partial charge in [0.1, 0.15) is 5.92 Å². The highest BCUT2D eigenvalue weighted by Crippen LogP contribution is 2.16. The van der Waals surface area contributed by atoms with E-state index in [2.05, 4.69) is 24.9 Å². The molecule has 1 aromatic rings. The lowest BCUT2D eigenvalue weighted by atomic mass is 9.98. The molecule has 0 bridgehead atoms. The van der Waals surface area contributed by atoms with E-state index in [1.807, 2.05) is 35.2 Å². The van der Waals surface area contributed by atoms with E-state index in [4.69, 9.17) is 0 Å². The van der Waals surface area contributed by atoms with Gasteiger partial charge in [0.15, 0.2) is 0 Å². The molecule has 1 heterocycles. The van der Waals surface area contributed by atoms with Gasteiger partial charge in [0.25, 0.3) is 0 Å². The minimum Gasteiger partial charge on any atom is -0.338 e. The second-order valence-electron chi connectivity index (χ2n) is 5.87. The third-order valence-electron chi connectivity index (χ3n) is 4.07. The highest BCUT2D eigenvalue weighted by atomic mass is 16.2. The lowest BCUT2D eigenvalue weighted by Gasteiger charge is -2.29. The summed E-state index contributed by atoms with van der Waals surface area (Å²) in [6.45, 7) is 4.69. The Bertz CT molecular complexity index is 509. The fraction of sp³-hybridized carbons (Fsp3) is 0.529. The van der Waals surface area contributed by atoms with Crippen LogP contribution in [0.1, 0.15) is 18.9 Å². The molecule has 0 saturated carbocycles. The molecule has 1 fully saturated rings. The number of carbonyl (C=O) groups excluding carboxylic acids is 1. The smallest absolute Gasteiger partial charge is 0.240 e. The highest BCUT2D eigenvalue weighted by Gasteiger charge is 2.29. The normalized spacial score (nSPS) is 21.4. The summed E-state index contributed by atoms with van der Waals surface area (Å²) in [5, 5.41) is 9.39. The summed E-state index contributed by atoms with van der Waals surface area (Å²) in [6, 6.07) is 12.1. The van der Waals surface area contributed by atoms with Crippen LogP contribution >= 0.6 is 0 Å². The molecule has 0 aromatic heterocycles. The van der Waals surface area contributed by atoms with Gasteiger partial charge in [-0.1, -0.05) is 30.3 Å². The van der Waals surface area contributed by atoms with Crippen LogP contribution in [0.15, 0.2) is 30.3 Å². The van der Waals surface area contributed by atoms with Crippen molar-refractivity contribution < 1.29 is 4.79 Å². The van der Waals surface area contributed by atoms with Gasteiger partial charge in [-0.15, -0.1) is 0 Å². The zero-order valence-electron chi connectivity index (χ0n) is 12.8. The first-order valence-corrected chi connectivity index (χ1v) is 7.54. The average molecular weight is 285 g/mol. The van der Waals surface area contributed by atoms with Crippen molar-refractivity contribution in [1.82, 2.24) is 9.80 Å². The predicted octanol–water partition coefficient (Wildman–Crippen LogP) is 1.92. The van der Waals surface area contributed by atoms with Gasteiger partial charge >= 0.3 is 0 Å². The van der Waals surface area contributed by atoms with Gasteiger partial charge in [0.05, 0.1) is 6.07 Å². The fourth-order valence-corrected chi connectivity index (χ4v) is 2.94. The summed E-state index contributed by atoms with van der Waals surface area (Å²) >= 11 is 0. The topological polar surface area (TPSA) is 47.3 Å². The first-order chi connectivity index (χ1) is 10.1. The highest BCUT2D eigenvalue weighted by molar-refractivity contribution is 5.82. The number of carbonyl (C=O) groups is 1. The van der Waals surface area contributed by atoms with Crippen molar-refractivity contribution in [3.63, 3.8) is 0 Å². The van der Waals surface area contributed by atoms with Gasteiger partial charge in [0, 0.05) is 19.1 Å². The zero-order chi connectivity index (χ0) is 15.2. The maximum absolute atomic E-state index is 12.7. The van der Waals surface area contributed by atoms with Gasteiger partial charge in [-0.05, 0) is 38.9 Å². The number of benzene rings is 1. The molecule has 21 heavy (non-hydrogen) atoms. The van der Waals surface area contributed by atoms with E-state index in [1.54, 1.807) is 0 Å². The molecular formula is C17H23N3O. The molecule has 1 amide bonds. The molecule has 1 aliphatic heterocycles. The van der Waals surface area contributed by atoms with Crippen LogP contribution in [-0.2, 0) is 11.2 Å². The number of nitrogens with zero attached hydrogens (tertiary/aromatic N) is 3. The molecule has 1 aliphatic rings. The van der Waals surface area contributed by atoms with Crippen LogP contribution in [0, 0.1) is 17.2 Å².